The van der Waals surface area contributed by atoms with Gasteiger partial charge in [0.25, 0.3) is 5.69 Å². The van der Waals surface area contributed by atoms with E-state index in [0.717, 1.165) is 36.1 Å². The van der Waals surface area contributed by atoms with E-state index in [2.05, 4.69) is 5.10 Å². The molecule has 0 aliphatic heterocycles. The highest BCUT2D eigenvalue weighted by molar-refractivity contribution is 5.57. The molecule has 0 atom stereocenters. The monoisotopic (exact) mass is 258 g/mol. The number of aromatic nitrogens is 2. The molecular formula is C13H14N4O2. The van der Waals surface area contributed by atoms with E-state index in [0.29, 0.717) is 11.5 Å². The van der Waals surface area contributed by atoms with Gasteiger partial charge in [0.2, 0.25) is 0 Å². The Balaban J connectivity index is 2.25. The lowest BCUT2D eigenvalue weighted by atomic mass is 10.2. The number of nitrogens with zero attached hydrogens (tertiary/aromatic N) is 3. The van der Waals surface area contributed by atoms with Crippen LogP contribution in [0, 0.1) is 17.0 Å². The first-order valence-electron chi connectivity index (χ1n) is 6.19. The molecule has 2 N–H and O–H groups in total. The van der Waals surface area contributed by atoms with E-state index in [9.17, 15) is 10.1 Å². The van der Waals surface area contributed by atoms with E-state index in [4.69, 9.17) is 5.73 Å². The molecule has 0 fully saturated rings. The molecular weight excluding hydrogens is 244 g/mol. The van der Waals surface area contributed by atoms with Crippen LogP contribution in [-0.2, 0) is 12.8 Å². The number of benzene rings is 1. The van der Waals surface area contributed by atoms with Crippen LogP contribution >= 0.6 is 0 Å². The number of nitrogen functional groups attached to an aromatic ring is 1. The number of fused-ring (bicyclic) bond motifs is 1. The lowest BCUT2D eigenvalue weighted by Crippen LogP contribution is -2.05. The summed E-state index contributed by atoms with van der Waals surface area (Å²) in [7, 11) is 0. The lowest BCUT2D eigenvalue weighted by Gasteiger charge is -2.07. The molecule has 0 amide bonds. The molecule has 0 saturated carbocycles. The predicted molar refractivity (Wildman–Crippen MR) is 71.4 cm³/mol. The fourth-order valence-electron chi connectivity index (χ4n) is 2.62. The summed E-state index contributed by atoms with van der Waals surface area (Å²) in [6.07, 6.45) is 2.79. The Morgan fingerprint density at radius 2 is 2.21 bits per heavy atom. The molecule has 1 heterocycles. The van der Waals surface area contributed by atoms with Crippen molar-refractivity contribution in [3.05, 3.63) is 45.1 Å². The molecule has 1 aliphatic carbocycles. The molecule has 6 heteroatoms. The molecule has 0 unspecified atom stereocenters. The first kappa shape index (κ1) is 11.7. The molecule has 1 aromatic heterocycles. The van der Waals surface area contributed by atoms with Gasteiger partial charge in [-0.1, -0.05) is 6.07 Å². The summed E-state index contributed by atoms with van der Waals surface area (Å²) in [5, 5.41) is 15.4. The van der Waals surface area contributed by atoms with E-state index in [-0.39, 0.29) is 10.6 Å². The SMILES string of the molecule is Cc1ccc([N+](=O)[O-])c(-n2nc(N)c3c2CCC3)c1. The van der Waals surface area contributed by atoms with Crippen molar-refractivity contribution in [1.29, 1.82) is 0 Å². The number of nitrogens with two attached hydrogens (primary N) is 1. The van der Waals surface area contributed by atoms with Gasteiger partial charge in [-0.15, -0.1) is 5.10 Å². The van der Waals surface area contributed by atoms with Gasteiger partial charge in [-0.25, -0.2) is 4.68 Å². The largest absolute Gasteiger partial charge is 0.382 e. The Hall–Kier alpha value is -2.37. The van der Waals surface area contributed by atoms with E-state index >= 15 is 0 Å². The van der Waals surface area contributed by atoms with Gasteiger partial charge in [-0.05, 0) is 37.8 Å². The van der Waals surface area contributed by atoms with Crippen molar-refractivity contribution < 1.29 is 4.92 Å². The molecule has 0 spiro atoms. The van der Waals surface area contributed by atoms with Crippen LogP contribution in [0.25, 0.3) is 5.69 Å². The number of hydrogen-bond acceptors (Lipinski definition) is 4. The van der Waals surface area contributed by atoms with Crippen LogP contribution in [0.3, 0.4) is 0 Å². The third kappa shape index (κ3) is 1.76. The van der Waals surface area contributed by atoms with Crippen LogP contribution in [0.4, 0.5) is 11.5 Å². The quantitative estimate of drug-likeness (QED) is 0.660. The van der Waals surface area contributed by atoms with E-state index < -0.39 is 0 Å². The highest BCUT2D eigenvalue weighted by Crippen LogP contribution is 2.32. The summed E-state index contributed by atoms with van der Waals surface area (Å²) in [5.41, 5.74) is 9.45. The molecule has 2 aromatic rings. The summed E-state index contributed by atoms with van der Waals surface area (Å²) in [4.78, 5) is 10.8. The average Bonchev–Trinajstić information content (AvgIpc) is 2.93. The fraction of sp³-hybridized carbons (Fsp3) is 0.308. The molecule has 98 valence electrons. The third-order valence-electron chi connectivity index (χ3n) is 3.52. The average molecular weight is 258 g/mol. The van der Waals surface area contributed by atoms with Crippen LogP contribution in [0.1, 0.15) is 23.2 Å². The number of anilines is 1. The Labute approximate surface area is 110 Å². The predicted octanol–water partition coefficient (Wildman–Crippen LogP) is 2.16. The molecule has 0 saturated heterocycles. The molecule has 3 rings (SSSR count). The van der Waals surface area contributed by atoms with Crippen molar-refractivity contribution in [2.24, 2.45) is 0 Å². The second kappa shape index (κ2) is 4.08. The maximum atomic E-state index is 11.1. The molecule has 1 aliphatic rings. The Morgan fingerprint density at radius 3 is 2.95 bits per heavy atom. The standard InChI is InChI=1S/C13H14N4O2/c1-8-5-6-11(17(18)19)12(7-8)16-10-4-2-3-9(10)13(14)15-16/h5-7H,2-4H2,1H3,(H2,14,15). The van der Waals surface area contributed by atoms with Crippen molar-refractivity contribution in [3.8, 4) is 5.69 Å². The van der Waals surface area contributed by atoms with Crippen molar-refractivity contribution in [2.75, 3.05) is 5.73 Å². The lowest BCUT2D eigenvalue weighted by molar-refractivity contribution is -0.384. The zero-order valence-corrected chi connectivity index (χ0v) is 10.6. The minimum absolute atomic E-state index is 0.0581. The second-order valence-corrected chi connectivity index (χ2v) is 4.83. The molecule has 1 aromatic carbocycles. The summed E-state index contributed by atoms with van der Waals surface area (Å²) in [6, 6.07) is 5.03. The smallest absolute Gasteiger partial charge is 0.294 e. The summed E-state index contributed by atoms with van der Waals surface area (Å²) in [6.45, 7) is 1.90. The van der Waals surface area contributed by atoms with Gasteiger partial charge in [0.1, 0.15) is 11.5 Å². The minimum Gasteiger partial charge on any atom is -0.382 e. The van der Waals surface area contributed by atoms with Gasteiger partial charge in [-0.3, -0.25) is 10.1 Å². The maximum absolute atomic E-state index is 11.1. The van der Waals surface area contributed by atoms with Gasteiger partial charge >= 0.3 is 0 Å². The highest BCUT2D eigenvalue weighted by Gasteiger charge is 2.25. The van der Waals surface area contributed by atoms with Crippen molar-refractivity contribution >= 4 is 11.5 Å². The number of rotatable bonds is 2. The Bertz CT molecular complexity index is 676. The zero-order chi connectivity index (χ0) is 13.6. The van der Waals surface area contributed by atoms with Crippen molar-refractivity contribution in [2.45, 2.75) is 26.2 Å². The van der Waals surface area contributed by atoms with E-state index in [1.807, 2.05) is 6.92 Å². The Kier molecular flexibility index (Phi) is 2.51. The molecule has 19 heavy (non-hydrogen) atoms. The van der Waals surface area contributed by atoms with E-state index in [1.165, 1.54) is 6.07 Å². The first-order valence-corrected chi connectivity index (χ1v) is 6.19. The third-order valence-corrected chi connectivity index (χ3v) is 3.52. The van der Waals surface area contributed by atoms with Crippen LogP contribution in [0.2, 0.25) is 0 Å². The van der Waals surface area contributed by atoms with Gasteiger partial charge in [0, 0.05) is 17.3 Å². The number of nitro benzene ring substituents is 1. The number of hydrogen-bond donors (Lipinski definition) is 1. The van der Waals surface area contributed by atoms with Gasteiger partial charge < -0.3 is 5.73 Å². The summed E-state index contributed by atoms with van der Waals surface area (Å²) >= 11 is 0. The van der Waals surface area contributed by atoms with Crippen molar-refractivity contribution in [1.82, 2.24) is 9.78 Å². The second-order valence-electron chi connectivity index (χ2n) is 4.83. The summed E-state index contributed by atoms with van der Waals surface area (Å²) < 4.78 is 1.64. The number of nitro groups is 1. The molecule has 0 radical (unpaired) electrons. The zero-order valence-electron chi connectivity index (χ0n) is 10.6. The van der Waals surface area contributed by atoms with Crippen molar-refractivity contribution in [3.63, 3.8) is 0 Å². The highest BCUT2D eigenvalue weighted by atomic mass is 16.6. The van der Waals surface area contributed by atoms with E-state index in [1.54, 1.807) is 16.8 Å². The molecule has 0 bridgehead atoms. The minimum atomic E-state index is -0.381. The normalized spacial score (nSPS) is 13.5. The van der Waals surface area contributed by atoms with Crippen LogP contribution in [0.15, 0.2) is 18.2 Å². The summed E-state index contributed by atoms with van der Waals surface area (Å²) in [5.74, 6) is 0.489. The topological polar surface area (TPSA) is 87.0 Å². The molecule has 6 nitrogen and oxygen atoms in total. The van der Waals surface area contributed by atoms with Gasteiger partial charge in [0.15, 0.2) is 0 Å². The Morgan fingerprint density at radius 1 is 1.42 bits per heavy atom. The number of aryl methyl sites for hydroxylation is 1. The van der Waals surface area contributed by atoms with Crippen LogP contribution < -0.4 is 5.73 Å². The first-order chi connectivity index (χ1) is 9.08. The van der Waals surface area contributed by atoms with Gasteiger partial charge in [-0.2, -0.15) is 0 Å². The van der Waals surface area contributed by atoms with Crippen LogP contribution in [-0.4, -0.2) is 14.7 Å². The van der Waals surface area contributed by atoms with Crippen LogP contribution in [0.5, 0.6) is 0 Å². The fourth-order valence-corrected chi connectivity index (χ4v) is 2.62. The van der Waals surface area contributed by atoms with Gasteiger partial charge in [0.05, 0.1) is 4.92 Å². The maximum Gasteiger partial charge on any atom is 0.294 e.